The molecule has 0 aliphatic carbocycles. The molecular formula is C18H32N2O. The minimum atomic E-state index is 0.318. The van der Waals surface area contributed by atoms with Gasteiger partial charge in [0.25, 0.3) is 0 Å². The highest BCUT2D eigenvalue weighted by molar-refractivity contribution is 5.33. The van der Waals surface area contributed by atoms with Crippen LogP contribution >= 0.6 is 0 Å². The highest BCUT2D eigenvalue weighted by Crippen LogP contribution is 2.24. The van der Waals surface area contributed by atoms with Gasteiger partial charge in [-0.2, -0.15) is 0 Å². The number of nitrogens with zero attached hydrogens (tertiary/aromatic N) is 1. The standard InChI is InChI=1S/C18H32N2O/c1-7-18(3,13-19-4)14-20(5)15(2)12-16-10-8-9-11-17(16)21-6/h8-11,15,19H,7,12-14H2,1-6H3. The highest BCUT2D eigenvalue weighted by atomic mass is 16.5. The molecule has 120 valence electrons. The molecule has 0 heterocycles. The molecule has 0 aliphatic rings. The van der Waals surface area contributed by atoms with E-state index in [0.717, 1.165) is 25.3 Å². The number of likely N-dealkylation sites (N-methyl/N-ethyl adjacent to an activating group) is 1. The number of hydrogen-bond acceptors (Lipinski definition) is 3. The number of methoxy groups -OCH3 is 1. The van der Waals surface area contributed by atoms with E-state index in [2.05, 4.69) is 50.2 Å². The summed E-state index contributed by atoms with van der Waals surface area (Å²) in [5, 5.41) is 3.32. The molecule has 0 saturated carbocycles. The fourth-order valence-corrected chi connectivity index (χ4v) is 2.82. The molecule has 1 aromatic rings. The lowest BCUT2D eigenvalue weighted by Crippen LogP contribution is -2.43. The zero-order valence-corrected chi connectivity index (χ0v) is 14.6. The number of ether oxygens (including phenoxy) is 1. The number of benzene rings is 1. The van der Waals surface area contributed by atoms with Crippen molar-refractivity contribution in [2.75, 3.05) is 34.3 Å². The number of rotatable bonds is 9. The zero-order valence-electron chi connectivity index (χ0n) is 14.6. The first-order valence-electron chi connectivity index (χ1n) is 7.92. The number of hydrogen-bond donors (Lipinski definition) is 1. The predicted molar refractivity (Wildman–Crippen MR) is 91.1 cm³/mol. The third kappa shape index (κ3) is 5.33. The van der Waals surface area contributed by atoms with Gasteiger partial charge in [-0.05, 0) is 50.9 Å². The SMILES string of the molecule is CCC(C)(CNC)CN(C)C(C)Cc1ccccc1OC. The van der Waals surface area contributed by atoms with Gasteiger partial charge in [0.2, 0.25) is 0 Å². The predicted octanol–water partition coefficient (Wildman–Crippen LogP) is 3.19. The van der Waals surface area contributed by atoms with Crippen LogP contribution in [-0.2, 0) is 6.42 Å². The molecule has 1 aromatic carbocycles. The Kier molecular flexibility index (Phi) is 7.20. The molecule has 0 spiro atoms. The van der Waals surface area contributed by atoms with Crippen molar-refractivity contribution >= 4 is 0 Å². The fourth-order valence-electron chi connectivity index (χ4n) is 2.82. The number of nitrogens with one attached hydrogen (secondary N) is 1. The monoisotopic (exact) mass is 292 g/mol. The quantitative estimate of drug-likeness (QED) is 0.756. The molecule has 1 rings (SSSR count). The largest absolute Gasteiger partial charge is 0.496 e. The average Bonchev–Trinajstić information content (AvgIpc) is 2.47. The van der Waals surface area contributed by atoms with E-state index in [9.17, 15) is 0 Å². The molecule has 0 amide bonds. The summed E-state index contributed by atoms with van der Waals surface area (Å²) in [7, 11) is 6.00. The van der Waals surface area contributed by atoms with Crippen molar-refractivity contribution in [3.8, 4) is 5.75 Å². The van der Waals surface area contributed by atoms with Crippen LogP contribution < -0.4 is 10.1 Å². The van der Waals surface area contributed by atoms with E-state index >= 15 is 0 Å². The summed E-state index contributed by atoms with van der Waals surface area (Å²) >= 11 is 0. The Morgan fingerprint density at radius 1 is 1.33 bits per heavy atom. The maximum absolute atomic E-state index is 5.46. The van der Waals surface area contributed by atoms with Crippen LogP contribution in [0.2, 0.25) is 0 Å². The second-order valence-corrected chi connectivity index (χ2v) is 6.47. The lowest BCUT2D eigenvalue weighted by atomic mass is 9.86. The van der Waals surface area contributed by atoms with Crippen molar-refractivity contribution in [3.05, 3.63) is 29.8 Å². The van der Waals surface area contributed by atoms with E-state index in [4.69, 9.17) is 4.74 Å². The summed E-state index contributed by atoms with van der Waals surface area (Å²) in [6, 6.07) is 8.80. The molecule has 2 unspecified atom stereocenters. The van der Waals surface area contributed by atoms with E-state index in [0.29, 0.717) is 11.5 Å². The lowest BCUT2D eigenvalue weighted by Gasteiger charge is -2.36. The minimum absolute atomic E-state index is 0.318. The summed E-state index contributed by atoms with van der Waals surface area (Å²) in [5.41, 5.74) is 1.60. The smallest absolute Gasteiger partial charge is 0.122 e. The zero-order chi connectivity index (χ0) is 15.9. The molecule has 0 bridgehead atoms. The molecule has 2 atom stereocenters. The topological polar surface area (TPSA) is 24.5 Å². The summed E-state index contributed by atoms with van der Waals surface area (Å²) < 4.78 is 5.46. The van der Waals surface area contributed by atoms with Gasteiger partial charge in [0.05, 0.1) is 7.11 Å². The van der Waals surface area contributed by atoms with Gasteiger partial charge in [-0.3, -0.25) is 0 Å². The molecule has 3 nitrogen and oxygen atoms in total. The summed E-state index contributed by atoms with van der Waals surface area (Å²) in [5.74, 6) is 0.992. The third-order valence-corrected chi connectivity index (χ3v) is 4.55. The molecule has 0 radical (unpaired) electrons. The van der Waals surface area contributed by atoms with Crippen LogP contribution in [0.3, 0.4) is 0 Å². The molecule has 0 fully saturated rings. The normalized spacial score (nSPS) is 15.8. The molecule has 0 aromatic heterocycles. The van der Waals surface area contributed by atoms with Crippen molar-refractivity contribution < 1.29 is 4.74 Å². The number of para-hydroxylation sites is 1. The Balaban J connectivity index is 2.68. The fraction of sp³-hybridized carbons (Fsp3) is 0.667. The van der Waals surface area contributed by atoms with Crippen molar-refractivity contribution in [1.29, 1.82) is 0 Å². The second-order valence-electron chi connectivity index (χ2n) is 6.47. The van der Waals surface area contributed by atoms with Gasteiger partial charge in [0.15, 0.2) is 0 Å². The minimum Gasteiger partial charge on any atom is -0.496 e. The maximum Gasteiger partial charge on any atom is 0.122 e. The Bertz CT molecular complexity index is 421. The van der Waals surface area contributed by atoms with Crippen LogP contribution in [-0.4, -0.2) is 45.2 Å². The summed E-state index contributed by atoms with van der Waals surface area (Å²) in [6.07, 6.45) is 2.19. The van der Waals surface area contributed by atoms with E-state index in [-0.39, 0.29) is 0 Å². The van der Waals surface area contributed by atoms with Gasteiger partial charge in [0, 0.05) is 19.1 Å². The molecule has 0 saturated heterocycles. The van der Waals surface area contributed by atoms with Crippen LogP contribution in [0.5, 0.6) is 5.75 Å². The van der Waals surface area contributed by atoms with Crippen LogP contribution in [0.25, 0.3) is 0 Å². The van der Waals surface area contributed by atoms with E-state index in [1.807, 2.05) is 19.2 Å². The van der Waals surface area contributed by atoms with Crippen molar-refractivity contribution in [1.82, 2.24) is 10.2 Å². The highest BCUT2D eigenvalue weighted by Gasteiger charge is 2.25. The molecule has 1 N–H and O–H groups in total. The van der Waals surface area contributed by atoms with Crippen LogP contribution in [0, 0.1) is 5.41 Å². The second kappa shape index (κ2) is 8.40. The molecule has 3 heteroatoms. The van der Waals surface area contributed by atoms with Gasteiger partial charge in [-0.25, -0.2) is 0 Å². The van der Waals surface area contributed by atoms with E-state index in [1.165, 1.54) is 12.0 Å². The first-order valence-corrected chi connectivity index (χ1v) is 7.92. The third-order valence-electron chi connectivity index (χ3n) is 4.55. The van der Waals surface area contributed by atoms with Gasteiger partial charge in [-0.15, -0.1) is 0 Å². The van der Waals surface area contributed by atoms with Gasteiger partial charge in [0.1, 0.15) is 5.75 Å². The lowest BCUT2D eigenvalue weighted by molar-refractivity contribution is 0.148. The van der Waals surface area contributed by atoms with Gasteiger partial charge in [-0.1, -0.05) is 32.0 Å². The first-order chi connectivity index (χ1) is 9.95. The van der Waals surface area contributed by atoms with Crippen LogP contribution in [0.4, 0.5) is 0 Å². The maximum atomic E-state index is 5.46. The van der Waals surface area contributed by atoms with E-state index in [1.54, 1.807) is 7.11 Å². The summed E-state index contributed by atoms with van der Waals surface area (Å²) in [4.78, 5) is 2.47. The van der Waals surface area contributed by atoms with E-state index < -0.39 is 0 Å². The van der Waals surface area contributed by atoms with Crippen molar-refractivity contribution in [3.63, 3.8) is 0 Å². The Labute approximate surface area is 130 Å². The Morgan fingerprint density at radius 2 is 2.00 bits per heavy atom. The molecular weight excluding hydrogens is 260 g/mol. The van der Waals surface area contributed by atoms with Gasteiger partial charge >= 0.3 is 0 Å². The van der Waals surface area contributed by atoms with Crippen LogP contribution in [0.15, 0.2) is 24.3 Å². The first kappa shape index (κ1) is 18.0. The Hall–Kier alpha value is -1.06. The average molecular weight is 292 g/mol. The molecule has 21 heavy (non-hydrogen) atoms. The molecule has 0 aliphatic heterocycles. The van der Waals surface area contributed by atoms with Crippen molar-refractivity contribution in [2.45, 2.75) is 39.7 Å². The summed E-state index contributed by atoms with van der Waals surface area (Å²) in [6.45, 7) is 9.07. The Morgan fingerprint density at radius 3 is 2.57 bits per heavy atom. The van der Waals surface area contributed by atoms with Gasteiger partial charge < -0.3 is 15.0 Å². The van der Waals surface area contributed by atoms with Crippen LogP contribution in [0.1, 0.15) is 32.8 Å². The van der Waals surface area contributed by atoms with Crippen molar-refractivity contribution in [2.24, 2.45) is 5.41 Å².